The minimum Gasteiger partial charge on any atom is -0.461 e. The largest absolute Gasteiger partial charge is 0.461 e. The minimum atomic E-state index is -0.460. The molecule has 0 aliphatic rings. The molecular formula is C11H21NO4. The van der Waals surface area contributed by atoms with Crippen LogP contribution in [0.5, 0.6) is 0 Å². The van der Waals surface area contributed by atoms with E-state index in [2.05, 4.69) is 5.32 Å². The third-order valence-corrected chi connectivity index (χ3v) is 1.33. The quantitative estimate of drug-likeness (QED) is 0.713. The Morgan fingerprint density at radius 2 is 1.75 bits per heavy atom. The van der Waals surface area contributed by atoms with E-state index in [0.29, 0.717) is 0 Å². The summed E-state index contributed by atoms with van der Waals surface area (Å²) >= 11 is 0. The van der Waals surface area contributed by atoms with E-state index in [1.165, 1.54) is 0 Å². The zero-order valence-electron chi connectivity index (χ0n) is 10.6. The molecule has 0 unspecified atom stereocenters. The van der Waals surface area contributed by atoms with E-state index >= 15 is 0 Å². The number of nitrogens with one attached hydrogen (secondary N) is 1. The van der Waals surface area contributed by atoms with E-state index in [1.54, 1.807) is 13.8 Å². The van der Waals surface area contributed by atoms with Gasteiger partial charge in [0.2, 0.25) is 5.91 Å². The summed E-state index contributed by atoms with van der Waals surface area (Å²) in [4.78, 5) is 22.3. The van der Waals surface area contributed by atoms with Crippen LogP contribution in [-0.2, 0) is 19.1 Å². The van der Waals surface area contributed by atoms with Crippen LogP contribution in [0.3, 0.4) is 0 Å². The third-order valence-electron chi connectivity index (χ3n) is 1.33. The smallest absolute Gasteiger partial charge is 0.332 e. The first-order valence-electron chi connectivity index (χ1n) is 5.29. The van der Waals surface area contributed by atoms with Crippen molar-refractivity contribution in [3.8, 4) is 0 Å². The van der Waals surface area contributed by atoms with Crippen LogP contribution in [0.2, 0.25) is 0 Å². The van der Waals surface area contributed by atoms with Crippen LogP contribution in [0.15, 0.2) is 0 Å². The topological polar surface area (TPSA) is 64.6 Å². The van der Waals surface area contributed by atoms with E-state index < -0.39 is 5.97 Å². The van der Waals surface area contributed by atoms with Gasteiger partial charge < -0.3 is 14.8 Å². The van der Waals surface area contributed by atoms with Crippen LogP contribution in [0.25, 0.3) is 0 Å². The first-order valence-corrected chi connectivity index (χ1v) is 5.29. The summed E-state index contributed by atoms with van der Waals surface area (Å²) in [5.41, 5.74) is -0.293. The molecule has 0 aromatic heterocycles. The molecule has 0 saturated heterocycles. The van der Waals surface area contributed by atoms with Crippen LogP contribution in [0.1, 0.15) is 34.6 Å². The highest BCUT2D eigenvalue weighted by Gasteiger charge is 2.14. The Morgan fingerprint density at radius 1 is 1.19 bits per heavy atom. The monoisotopic (exact) mass is 231 g/mol. The number of esters is 1. The Bertz CT molecular complexity index is 243. The Hall–Kier alpha value is -1.10. The van der Waals surface area contributed by atoms with Crippen molar-refractivity contribution in [2.24, 2.45) is 0 Å². The second-order valence-electron chi connectivity index (χ2n) is 4.83. The Balaban J connectivity index is 3.66. The Morgan fingerprint density at radius 3 is 2.19 bits per heavy atom. The average molecular weight is 231 g/mol. The highest BCUT2D eigenvalue weighted by atomic mass is 16.6. The standard InChI is InChI=1S/C11H21NO4/c1-8(2)16-10(14)7-15-6-9(13)12-11(3,4)5/h8H,6-7H2,1-5H3,(H,12,13). The molecule has 0 aliphatic heterocycles. The number of ether oxygens (including phenoxy) is 2. The van der Waals surface area contributed by atoms with Crippen molar-refractivity contribution in [3.05, 3.63) is 0 Å². The fourth-order valence-electron chi connectivity index (χ4n) is 0.978. The van der Waals surface area contributed by atoms with Crippen molar-refractivity contribution < 1.29 is 19.1 Å². The van der Waals surface area contributed by atoms with Crippen molar-refractivity contribution in [2.75, 3.05) is 13.2 Å². The van der Waals surface area contributed by atoms with E-state index in [-0.39, 0.29) is 30.8 Å². The summed E-state index contributed by atoms with van der Waals surface area (Å²) in [7, 11) is 0. The second-order valence-corrected chi connectivity index (χ2v) is 4.83. The van der Waals surface area contributed by atoms with Crippen molar-refractivity contribution in [1.82, 2.24) is 5.32 Å². The van der Waals surface area contributed by atoms with Crippen molar-refractivity contribution in [1.29, 1.82) is 0 Å². The summed E-state index contributed by atoms with van der Waals surface area (Å²) < 4.78 is 9.75. The molecule has 0 radical (unpaired) electrons. The molecule has 5 heteroatoms. The fourth-order valence-corrected chi connectivity index (χ4v) is 0.978. The van der Waals surface area contributed by atoms with E-state index in [1.807, 2.05) is 20.8 Å². The molecule has 0 aromatic carbocycles. The van der Waals surface area contributed by atoms with E-state index in [0.717, 1.165) is 0 Å². The molecule has 0 spiro atoms. The molecule has 1 amide bonds. The number of amides is 1. The van der Waals surface area contributed by atoms with Crippen molar-refractivity contribution in [3.63, 3.8) is 0 Å². The zero-order valence-corrected chi connectivity index (χ0v) is 10.6. The molecule has 0 atom stereocenters. The maximum Gasteiger partial charge on any atom is 0.332 e. The molecule has 0 rings (SSSR count). The number of hydrogen-bond acceptors (Lipinski definition) is 4. The van der Waals surface area contributed by atoms with Gasteiger partial charge in [0.1, 0.15) is 13.2 Å². The van der Waals surface area contributed by atoms with Gasteiger partial charge in [-0.15, -0.1) is 0 Å². The summed E-state index contributed by atoms with van der Waals surface area (Å²) in [6, 6.07) is 0. The molecule has 16 heavy (non-hydrogen) atoms. The summed E-state index contributed by atoms with van der Waals surface area (Å²) in [6.45, 7) is 8.79. The first kappa shape index (κ1) is 14.9. The Labute approximate surface area is 96.5 Å². The molecule has 94 valence electrons. The predicted molar refractivity (Wildman–Crippen MR) is 59.9 cm³/mol. The first-order chi connectivity index (χ1) is 7.20. The molecule has 0 saturated carbocycles. The number of carbonyl (C=O) groups excluding carboxylic acids is 2. The number of carbonyl (C=O) groups is 2. The van der Waals surface area contributed by atoms with Gasteiger partial charge in [0.15, 0.2) is 0 Å². The van der Waals surface area contributed by atoms with Gasteiger partial charge in [0, 0.05) is 5.54 Å². The van der Waals surface area contributed by atoms with Gasteiger partial charge in [-0.25, -0.2) is 4.79 Å². The minimum absolute atomic E-state index is 0.134. The van der Waals surface area contributed by atoms with Gasteiger partial charge in [-0.3, -0.25) is 4.79 Å². The predicted octanol–water partition coefficient (Wildman–Crippen LogP) is 0.869. The maximum atomic E-state index is 11.3. The van der Waals surface area contributed by atoms with Crippen LogP contribution >= 0.6 is 0 Å². The summed E-state index contributed by atoms with van der Waals surface area (Å²) in [5, 5.41) is 2.72. The van der Waals surface area contributed by atoms with E-state index in [9.17, 15) is 9.59 Å². The van der Waals surface area contributed by atoms with Crippen molar-refractivity contribution in [2.45, 2.75) is 46.3 Å². The number of hydrogen-bond donors (Lipinski definition) is 1. The summed E-state index contributed by atoms with van der Waals surface area (Å²) in [6.07, 6.45) is -0.167. The van der Waals surface area contributed by atoms with Gasteiger partial charge in [0.05, 0.1) is 6.10 Å². The molecule has 5 nitrogen and oxygen atoms in total. The molecule has 0 aliphatic carbocycles. The second kappa shape index (κ2) is 6.48. The third kappa shape index (κ3) is 9.45. The van der Waals surface area contributed by atoms with Crippen LogP contribution in [0, 0.1) is 0 Å². The lowest BCUT2D eigenvalue weighted by Crippen LogP contribution is -2.42. The van der Waals surface area contributed by atoms with Crippen LogP contribution in [-0.4, -0.2) is 36.7 Å². The van der Waals surface area contributed by atoms with Gasteiger partial charge >= 0.3 is 5.97 Å². The van der Waals surface area contributed by atoms with Crippen LogP contribution < -0.4 is 5.32 Å². The highest BCUT2D eigenvalue weighted by Crippen LogP contribution is 1.97. The lowest BCUT2D eigenvalue weighted by atomic mass is 10.1. The molecule has 0 aromatic rings. The lowest BCUT2D eigenvalue weighted by molar-refractivity contribution is -0.153. The van der Waals surface area contributed by atoms with E-state index in [4.69, 9.17) is 9.47 Å². The molecular weight excluding hydrogens is 210 g/mol. The van der Waals surface area contributed by atoms with Gasteiger partial charge in [0.25, 0.3) is 0 Å². The molecule has 0 heterocycles. The average Bonchev–Trinajstić information content (AvgIpc) is 1.98. The SMILES string of the molecule is CC(C)OC(=O)COCC(=O)NC(C)(C)C. The molecule has 1 N–H and O–H groups in total. The fraction of sp³-hybridized carbons (Fsp3) is 0.818. The van der Waals surface area contributed by atoms with Gasteiger partial charge in [-0.05, 0) is 34.6 Å². The number of rotatable bonds is 5. The van der Waals surface area contributed by atoms with Gasteiger partial charge in [-0.2, -0.15) is 0 Å². The zero-order chi connectivity index (χ0) is 12.8. The molecule has 0 bridgehead atoms. The normalized spacial score (nSPS) is 11.4. The van der Waals surface area contributed by atoms with Crippen LogP contribution in [0.4, 0.5) is 0 Å². The van der Waals surface area contributed by atoms with Gasteiger partial charge in [-0.1, -0.05) is 0 Å². The Kier molecular flexibility index (Phi) is 6.03. The summed E-state index contributed by atoms with van der Waals surface area (Å²) in [5.74, 6) is -0.705. The highest BCUT2D eigenvalue weighted by molar-refractivity contribution is 5.78. The maximum absolute atomic E-state index is 11.3. The lowest BCUT2D eigenvalue weighted by Gasteiger charge is -2.20. The molecule has 0 fully saturated rings. The van der Waals surface area contributed by atoms with Crippen molar-refractivity contribution >= 4 is 11.9 Å².